The van der Waals surface area contributed by atoms with E-state index in [-0.39, 0.29) is 12.0 Å². The van der Waals surface area contributed by atoms with Gasteiger partial charge >= 0.3 is 0 Å². The van der Waals surface area contributed by atoms with Gasteiger partial charge in [0.25, 0.3) is 0 Å². The van der Waals surface area contributed by atoms with Gasteiger partial charge in [0.1, 0.15) is 0 Å². The first-order chi connectivity index (χ1) is 6.66. The van der Waals surface area contributed by atoms with E-state index in [1.807, 2.05) is 6.07 Å². The lowest BCUT2D eigenvalue weighted by molar-refractivity contribution is 0.0822. The maximum absolute atomic E-state index is 10.1. The zero-order chi connectivity index (χ0) is 10.1. The second kappa shape index (κ2) is 4.01. The molecule has 78 valence electrons. The van der Waals surface area contributed by atoms with Crippen molar-refractivity contribution in [3.05, 3.63) is 21.9 Å². The topological polar surface area (TPSA) is 29.5 Å². The maximum Gasteiger partial charge on any atom is 0.0933 e. The van der Waals surface area contributed by atoms with Crippen molar-refractivity contribution in [1.82, 2.24) is 0 Å². The Morgan fingerprint density at radius 3 is 2.86 bits per heavy atom. The largest absolute Gasteiger partial charge is 0.387 e. The van der Waals surface area contributed by atoms with Crippen LogP contribution in [0, 0.1) is 12.8 Å². The number of aryl methyl sites for hydroxylation is 1. The molecule has 2 heterocycles. The molecule has 3 heteroatoms. The minimum Gasteiger partial charge on any atom is -0.387 e. The van der Waals surface area contributed by atoms with E-state index in [0.29, 0.717) is 12.7 Å². The van der Waals surface area contributed by atoms with Crippen LogP contribution in [0.2, 0.25) is 0 Å². The normalized spacial score (nSPS) is 29.4. The van der Waals surface area contributed by atoms with Crippen molar-refractivity contribution in [2.45, 2.75) is 32.5 Å². The first-order valence-electron chi connectivity index (χ1n) is 5.03. The summed E-state index contributed by atoms with van der Waals surface area (Å²) in [5.74, 6) is 0.281. The third kappa shape index (κ3) is 2.00. The Bertz CT molecular complexity index is 308. The number of hydrogen-bond donors (Lipinski definition) is 1. The van der Waals surface area contributed by atoms with Gasteiger partial charge in [-0.1, -0.05) is 0 Å². The molecule has 0 bridgehead atoms. The van der Waals surface area contributed by atoms with Crippen molar-refractivity contribution in [2.75, 3.05) is 6.61 Å². The standard InChI is InChI=1S/C11H16O2S/c1-7-5-9(6-13-7)11(12)10-4-3-8(2)14-10/h3-4,7,9,11-12H,5-6H2,1-2H3. The van der Waals surface area contributed by atoms with E-state index in [1.165, 1.54) is 4.88 Å². The van der Waals surface area contributed by atoms with Crippen molar-refractivity contribution in [2.24, 2.45) is 5.92 Å². The third-order valence-corrected chi connectivity index (χ3v) is 3.80. The molecule has 1 saturated heterocycles. The van der Waals surface area contributed by atoms with E-state index < -0.39 is 0 Å². The van der Waals surface area contributed by atoms with E-state index in [2.05, 4.69) is 19.9 Å². The van der Waals surface area contributed by atoms with Gasteiger partial charge in [-0.15, -0.1) is 11.3 Å². The molecule has 3 unspecified atom stereocenters. The van der Waals surface area contributed by atoms with Gasteiger partial charge < -0.3 is 9.84 Å². The quantitative estimate of drug-likeness (QED) is 0.816. The molecule has 0 amide bonds. The number of thiophene rings is 1. The number of rotatable bonds is 2. The Hall–Kier alpha value is -0.380. The summed E-state index contributed by atoms with van der Waals surface area (Å²) in [5, 5.41) is 10.1. The fourth-order valence-electron chi connectivity index (χ4n) is 1.92. The average Bonchev–Trinajstić information content (AvgIpc) is 2.73. The van der Waals surface area contributed by atoms with Gasteiger partial charge in [-0.05, 0) is 32.4 Å². The fourth-order valence-corrected chi connectivity index (χ4v) is 2.87. The monoisotopic (exact) mass is 212 g/mol. The highest BCUT2D eigenvalue weighted by molar-refractivity contribution is 7.12. The van der Waals surface area contributed by atoms with Crippen LogP contribution in [0.1, 0.15) is 29.2 Å². The Morgan fingerprint density at radius 2 is 2.36 bits per heavy atom. The summed E-state index contributed by atoms with van der Waals surface area (Å²) in [6.45, 7) is 4.82. The SMILES string of the molecule is Cc1ccc(C(O)C2COC(C)C2)s1. The van der Waals surface area contributed by atoms with Gasteiger partial charge in [0.2, 0.25) is 0 Å². The van der Waals surface area contributed by atoms with Crippen LogP contribution in [0.25, 0.3) is 0 Å². The molecule has 1 aliphatic heterocycles. The zero-order valence-corrected chi connectivity index (χ0v) is 9.38. The predicted octanol–water partition coefficient (Wildman–Crippen LogP) is 2.51. The summed E-state index contributed by atoms with van der Waals surface area (Å²) in [4.78, 5) is 2.33. The molecular weight excluding hydrogens is 196 g/mol. The highest BCUT2D eigenvalue weighted by Gasteiger charge is 2.29. The number of hydrogen-bond acceptors (Lipinski definition) is 3. The Kier molecular flexibility index (Phi) is 2.91. The highest BCUT2D eigenvalue weighted by Crippen LogP contribution is 2.34. The lowest BCUT2D eigenvalue weighted by atomic mass is 9.98. The van der Waals surface area contributed by atoms with Crippen LogP contribution < -0.4 is 0 Å². The van der Waals surface area contributed by atoms with E-state index in [4.69, 9.17) is 4.74 Å². The first kappa shape index (κ1) is 10.1. The molecule has 14 heavy (non-hydrogen) atoms. The Labute approximate surface area is 88.5 Å². The molecule has 0 radical (unpaired) electrons. The van der Waals surface area contributed by atoms with Crippen molar-refractivity contribution in [3.8, 4) is 0 Å². The molecule has 3 atom stereocenters. The summed E-state index contributed by atoms with van der Waals surface area (Å²) >= 11 is 1.68. The first-order valence-corrected chi connectivity index (χ1v) is 5.84. The molecule has 1 aromatic heterocycles. The Balaban J connectivity index is 2.05. The van der Waals surface area contributed by atoms with Crippen LogP contribution in [0.3, 0.4) is 0 Å². The molecule has 2 nitrogen and oxygen atoms in total. The maximum atomic E-state index is 10.1. The molecule has 0 saturated carbocycles. The van der Waals surface area contributed by atoms with Crippen molar-refractivity contribution < 1.29 is 9.84 Å². The van der Waals surface area contributed by atoms with Gasteiger partial charge in [0, 0.05) is 15.7 Å². The van der Waals surface area contributed by atoms with Crippen molar-refractivity contribution >= 4 is 11.3 Å². The molecule has 1 fully saturated rings. The minimum absolute atomic E-state index is 0.281. The number of ether oxygens (including phenoxy) is 1. The molecule has 1 N–H and O–H groups in total. The lowest BCUT2D eigenvalue weighted by Crippen LogP contribution is -2.11. The van der Waals surface area contributed by atoms with Gasteiger partial charge in [-0.3, -0.25) is 0 Å². The third-order valence-electron chi connectivity index (χ3n) is 2.73. The summed E-state index contributed by atoms with van der Waals surface area (Å²) in [5.41, 5.74) is 0. The lowest BCUT2D eigenvalue weighted by Gasteiger charge is -2.14. The van der Waals surface area contributed by atoms with E-state index in [0.717, 1.165) is 11.3 Å². The summed E-state index contributed by atoms with van der Waals surface area (Å²) in [6, 6.07) is 4.08. The van der Waals surface area contributed by atoms with E-state index >= 15 is 0 Å². The van der Waals surface area contributed by atoms with Crippen molar-refractivity contribution in [3.63, 3.8) is 0 Å². The smallest absolute Gasteiger partial charge is 0.0933 e. The van der Waals surface area contributed by atoms with Gasteiger partial charge in [0.15, 0.2) is 0 Å². The van der Waals surface area contributed by atoms with E-state index in [1.54, 1.807) is 11.3 Å². The van der Waals surface area contributed by atoms with Gasteiger partial charge in [-0.25, -0.2) is 0 Å². The second-order valence-electron chi connectivity index (χ2n) is 4.03. The van der Waals surface area contributed by atoms with E-state index in [9.17, 15) is 5.11 Å². The molecule has 2 rings (SSSR count). The van der Waals surface area contributed by atoms with Crippen molar-refractivity contribution in [1.29, 1.82) is 0 Å². The van der Waals surface area contributed by atoms with Crippen LogP contribution in [0.4, 0.5) is 0 Å². The van der Waals surface area contributed by atoms with Gasteiger partial charge in [-0.2, -0.15) is 0 Å². The van der Waals surface area contributed by atoms with Crippen LogP contribution in [0.5, 0.6) is 0 Å². The average molecular weight is 212 g/mol. The fraction of sp³-hybridized carbons (Fsp3) is 0.636. The van der Waals surface area contributed by atoms with Gasteiger partial charge in [0.05, 0.1) is 18.8 Å². The molecular formula is C11H16O2S. The molecule has 1 aromatic rings. The summed E-state index contributed by atoms with van der Waals surface area (Å²) < 4.78 is 5.46. The zero-order valence-electron chi connectivity index (χ0n) is 8.56. The molecule has 1 aliphatic rings. The molecule has 0 aromatic carbocycles. The predicted molar refractivity (Wildman–Crippen MR) is 57.5 cm³/mol. The molecule has 0 spiro atoms. The summed E-state index contributed by atoms with van der Waals surface area (Å²) in [6.07, 6.45) is 0.937. The van der Waals surface area contributed by atoms with Crippen LogP contribution in [-0.2, 0) is 4.74 Å². The van der Waals surface area contributed by atoms with Crippen LogP contribution in [0.15, 0.2) is 12.1 Å². The number of aliphatic hydroxyl groups is 1. The molecule has 0 aliphatic carbocycles. The Morgan fingerprint density at radius 1 is 1.57 bits per heavy atom. The number of aliphatic hydroxyl groups excluding tert-OH is 1. The van der Waals surface area contributed by atoms with Crippen LogP contribution >= 0.6 is 11.3 Å². The second-order valence-corrected chi connectivity index (χ2v) is 5.35. The highest BCUT2D eigenvalue weighted by atomic mass is 32.1. The van der Waals surface area contributed by atoms with Crippen LogP contribution in [-0.4, -0.2) is 17.8 Å². The minimum atomic E-state index is -0.335. The summed E-state index contributed by atoms with van der Waals surface area (Å²) in [7, 11) is 0.